The molecular weight excluding hydrogens is 220 g/mol. The Balaban J connectivity index is 1.89. The third-order valence-corrected chi connectivity index (χ3v) is 3.65. The van der Waals surface area contributed by atoms with Gasteiger partial charge in [0.2, 0.25) is 0 Å². The molecule has 2 rings (SSSR count). The minimum atomic E-state index is -0.457. The topological polar surface area (TPSA) is 12.0 Å². The lowest BCUT2D eigenvalue weighted by atomic mass is 9.87. The van der Waals surface area contributed by atoms with Gasteiger partial charge in [-0.25, -0.2) is 8.78 Å². The van der Waals surface area contributed by atoms with Crippen molar-refractivity contribution in [3.63, 3.8) is 0 Å². The minimum absolute atomic E-state index is 0.158. The summed E-state index contributed by atoms with van der Waals surface area (Å²) in [5.41, 5.74) is 0.158. The van der Waals surface area contributed by atoms with Gasteiger partial charge < -0.3 is 5.32 Å². The lowest BCUT2D eigenvalue weighted by Crippen LogP contribution is -2.32. The Morgan fingerprint density at radius 1 is 1.12 bits per heavy atom. The standard InChI is InChI=1S/C14H19F2N/c1-10-5-7-11(8-6-10)17-9-12-13(15)3-2-4-14(12)16/h2-4,10-11,17H,5-9H2,1H3. The molecule has 3 heteroatoms. The third-order valence-electron chi connectivity index (χ3n) is 3.65. The molecule has 0 saturated heterocycles. The monoisotopic (exact) mass is 239 g/mol. The number of hydrogen-bond donors (Lipinski definition) is 1. The molecule has 1 nitrogen and oxygen atoms in total. The fourth-order valence-electron chi connectivity index (χ4n) is 2.41. The molecule has 1 aliphatic rings. The Kier molecular flexibility index (Phi) is 4.11. The molecule has 1 fully saturated rings. The highest BCUT2D eigenvalue weighted by Gasteiger charge is 2.18. The van der Waals surface area contributed by atoms with Crippen LogP contribution in [0, 0.1) is 17.6 Å². The second kappa shape index (κ2) is 5.58. The Morgan fingerprint density at radius 3 is 2.29 bits per heavy atom. The quantitative estimate of drug-likeness (QED) is 0.849. The maximum absolute atomic E-state index is 13.4. The summed E-state index contributed by atoms with van der Waals surface area (Å²) in [6.45, 7) is 2.55. The lowest BCUT2D eigenvalue weighted by molar-refractivity contribution is 0.304. The van der Waals surface area contributed by atoms with Gasteiger partial charge in [-0.1, -0.05) is 13.0 Å². The summed E-state index contributed by atoms with van der Waals surface area (Å²) in [4.78, 5) is 0. The maximum Gasteiger partial charge on any atom is 0.130 e. The summed E-state index contributed by atoms with van der Waals surface area (Å²) in [6, 6.07) is 4.42. The summed E-state index contributed by atoms with van der Waals surface area (Å²) < 4.78 is 26.8. The molecule has 0 amide bonds. The molecule has 0 unspecified atom stereocenters. The molecule has 1 aromatic carbocycles. The molecule has 0 spiro atoms. The molecule has 0 radical (unpaired) electrons. The predicted molar refractivity (Wildman–Crippen MR) is 64.6 cm³/mol. The van der Waals surface area contributed by atoms with Crippen LogP contribution in [-0.2, 0) is 6.54 Å². The number of rotatable bonds is 3. The van der Waals surface area contributed by atoms with Crippen LogP contribution in [0.15, 0.2) is 18.2 Å². The van der Waals surface area contributed by atoms with Crippen molar-refractivity contribution >= 4 is 0 Å². The second-order valence-electron chi connectivity index (χ2n) is 5.04. The van der Waals surface area contributed by atoms with Gasteiger partial charge in [-0.3, -0.25) is 0 Å². The van der Waals surface area contributed by atoms with Crippen LogP contribution < -0.4 is 5.32 Å². The van der Waals surface area contributed by atoms with Gasteiger partial charge in [0, 0.05) is 18.2 Å². The van der Waals surface area contributed by atoms with Gasteiger partial charge in [-0.2, -0.15) is 0 Å². The molecular formula is C14H19F2N. The van der Waals surface area contributed by atoms with Crippen molar-refractivity contribution in [3.8, 4) is 0 Å². The van der Waals surface area contributed by atoms with Crippen LogP contribution in [0.1, 0.15) is 38.2 Å². The van der Waals surface area contributed by atoms with Crippen molar-refractivity contribution in [1.29, 1.82) is 0 Å². The number of benzene rings is 1. The zero-order valence-electron chi connectivity index (χ0n) is 10.2. The van der Waals surface area contributed by atoms with Crippen LogP contribution in [0.5, 0.6) is 0 Å². The van der Waals surface area contributed by atoms with E-state index in [9.17, 15) is 8.78 Å². The molecule has 0 bridgehead atoms. The van der Waals surface area contributed by atoms with Crippen molar-refractivity contribution in [2.75, 3.05) is 0 Å². The van der Waals surface area contributed by atoms with Crippen molar-refractivity contribution < 1.29 is 8.78 Å². The Labute approximate surface area is 101 Å². The van der Waals surface area contributed by atoms with Gasteiger partial charge in [0.15, 0.2) is 0 Å². The van der Waals surface area contributed by atoms with Crippen LogP contribution >= 0.6 is 0 Å². The molecule has 0 aromatic heterocycles. The zero-order chi connectivity index (χ0) is 12.3. The first-order valence-electron chi connectivity index (χ1n) is 6.33. The Morgan fingerprint density at radius 2 is 1.71 bits per heavy atom. The molecule has 17 heavy (non-hydrogen) atoms. The number of hydrogen-bond acceptors (Lipinski definition) is 1. The molecule has 1 N–H and O–H groups in total. The minimum Gasteiger partial charge on any atom is -0.310 e. The third kappa shape index (κ3) is 3.25. The van der Waals surface area contributed by atoms with E-state index in [2.05, 4.69) is 12.2 Å². The number of nitrogens with one attached hydrogen (secondary N) is 1. The smallest absolute Gasteiger partial charge is 0.130 e. The van der Waals surface area contributed by atoms with E-state index in [0.29, 0.717) is 6.04 Å². The summed E-state index contributed by atoms with van der Waals surface area (Å²) in [5.74, 6) is -0.124. The summed E-state index contributed by atoms with van der Waals surface area (Å²) >= 11 is 0. The largest absolute Gasteiger partial charge is 0.310 e. The molecule has 1 aromatic rings. The number of halogens is 2. The normalized spacial score (nSPS) is 24.9. The van der Waals surface area contributed by atoms with Crippen molar-refractivity contribution in [2.24, 2.45) is 5.92 Å². The highest BCUT2D eigenvalue weighted by atomic mass is 19.1. The Bertz CT molecular complexity index is 350. The maximum atomic E-state index is 13.4. The molecule has 94 valence electrons. The van der Waals surface area contributed by atoms with Crippen LogP contribution in [0.3, 0.4) is 0 Å². The summed E-state index contributed by atoms with van der Waals surface area (Å²) in [5, 5.41) is 3.26. The van der Waals surface area contributed by atoms with E-state index in [1.807, 2.05) is 0 Å². The SMILES string of the molecule is CC1CCC(NCc2c(F)cccc2F)CC1. The fourth-order valence-corrected chi connectivity index (χ4v) is 2.41. The van der Waals surface area contributed by atoms with E-state index in [1.54, 1.807) is 0 Å². The van der Waals surface area contributed by atoms with Crippen LogP contribution in [0.25, 0.3) is 0 Å². The highest BCUT2D eigenvalue weighted by molar-refractivity contribution is 5.19. The summed E-state index contributed by atoms with van der Waals surface area (Å²) in [6.07, 6.45) is 4.63. The van der Waals surface area contributed by atoms with E-state index in [-0.39, 0.29) is 12.1 Å². The van der Waals surface area contributed by atoms with Gasteiger partial charge in [0.1, 0.15) is 11.6 Å². The molecule has 0 aliphatic heterocycles. The van der Waals surface area contributed by atoms with Crippen LogP contribution in [-0.4, -0.2) is 6.04 Å². The molecule has 1 saturated carbocycles. The zero-order valence-corrected chi connectivity index (χ0v) is 10.2. The van der Waals surface area contributed by atoms with Gasteiger partial charge in [-0.15, -0.1) is 0 Å². The highest BCUT2D eigenvalue weighted by Crippen LogP contribution is 2.24. The predicted octanol–water partition coefficient (Wildman–Crippen LogP) is 3.63. The average Bonchev–Trinajstić information content (AvgIpc) is 2.31. The van der Waals surface area contributed by atoms with E-state index in [4.69, 9.17) is 0 Å². The molecule has 0 atom stereocenters. The van der Waals surface area contributed by atoms with Crippen molar-refractivity contribution in [1.82, 2.24) is 5.32 Å². The van der Waals surface area contributed by atoms with Crippen molar-refractivity contribution in [2.45, 2.75) is 45.2 Å². The van der Waals surface area contributed by atoms with Gasteiger partial charge in [0.25, 0.3) is 0 Å². The first kappa shape index (κ1) is 12.5. The molecule has 0 heterocycles. The fraction of sp³-hybridized carbons (Fsp3) is 0.571. The van der Waals surface area contributed by atoms with E-state index in [1.165, 1.54) is 31.0 Å². The first-order chi connectivity index (χ1) is 8.16. The van der Waals surface area contributed by atoms with E-state index < -0.39 is 11.6 Å². The average molecular weight is 239 g/mol. The van der Waals surface area contributed by atoms with Gasteiger partial charge in [0.05, 0.1) is 0 Å². The van der Waals surface area contributed by atoms with E-state index >= 15 is 0 Å². The van der Waals surface area contributed by atoms with Crippen LogP contribution in [0.2, 0.25) is 0 Å². The van der Waals surface area contributed by atoms with Gasteiger partial charge >= 0.3 is 0 Å². The summed E-state index contributed by atoms with van der Waals surface area (Å²) in [7, 11) is 0. The van der Waals surface area contributed by atoms with Gasteiger partial charge in [-0.05, 0) is 43.7 Å². The Hall–Kier alpha value is -0.960. The molecule has 1 aliphatic carbocycles. The van der Waals surface area contributed by atoms with E-state index in [0.717, 1.165) is 18.8 Å². The van der Waals surface area contributed by atoms with Crippen molar-refractivity contribution in [3.05, 3.63) is 35.4 Å². The van der Waals surface area contributed by atoms with Crippen LogP contribution in [0.4, 0.5) is 8.78 Å². The first-order valence-corrected chi connectivity index (χ1v) is 6.33. The second-order valence-corrected chi connectivity index (χ2v) is 5.04. The lowest BCUT2D eigenvalue weighted by Gasteiger charge is -2.27.